The first-order valence-corrected chi connectivity index (χ1v) is 12.0. The van der Waals surface area contributed by atoms with E-state index in [1.54, 1.807) is 12.1 Å². The van der Waals surface area contributed by atoms with Gasteiger partial charge in [0, 0.05) is 43.0 Å². The van der Waals surface area contributed by atoms with Crippen LogP contribution in [0, 0.1) is 17.8 Å². The summed E-state index contributed by atoms with van der Waals surface area (Å²) < 4.78 is 0. The molecule has 5 heteroatoms. The number of nitrogens with one attached hydrogen (secondary N) is 1. The van der Waals surface area contributed by atoms with Crippen LogP contribution in [0.2, 0.25) is 10.0 Å². The Morgan fingerprint density at radius 2 is 1.85 bits per heavy atom. The van der Waals surface area contributed by atoms with Crippen LogP contribution in [0.15, 0.2) is 54.9 Å². The van der Waals surface area contributed by atoms with E-state index in [0.29, 0.717) is 21.5 Å². The quantitative estimate of drug-likeness (QED) is 0.326. The van der Waals surface area contributed by atoms with Gasteiger partial charge in [-0.05, 0) is 53.3 Å². The van der Waals surface area contributed by atoms with Crippen molar-refractivity contribution in [1.29, 1.82) is 0 Å². The molecule has 0 spiro atoms. The van der Waals surface area contributed by atoms with Gasteiger partial charge in [0.05, 0.1) is 21.2 Å². The molecule has 1 aliphatic heterocycles. The van der Waals surface area contributed by atoms with Crippen molar-refractivity contribution in [3.8, 4) is 23.0 Å². The molecule has 2 aromatic heterocycles. The average molecular weight is 474 g/mol. The van der Waals surface area contributed by atoms with E-state index < -0.39 is 0 Å². The molecule has 0 bridgehead atoms. The first-order chi connectivity index (χ1) is 16.0. The van der Waals surface area contributed by atoms with Crippen LogP contribution >= 0.6 is 23.2 Å². The Labute approximate surface area is 204 Å². The summed E-state index contributed by atoms with van der Waals surface area (Å²) >= 11 is 12.6. The Hall–Kier alpha value is -2.77. The molecule has 0 saturated carbocycles. The fraction of sp³-hybridized carbons (Fsp3) is 0.250. The number of halogens is 2. The van der Waals surface area contributed by atoms with Crippen molar-refractivity contribution in [2.75, 3.05) is 13.1 Å². The second-order valence-corrected chi connectivity index (χ2v) is 9.85. The third-order valence-corrected chi connectivity index (χ3v) is 6.70. The summed E-state index contributed by atoms with van der Waals surface area (Å²) in [6, 6.07) is 14.4. The molecule has 0 unspecified atom stereocenters. The van der Waals surface area contributed by atoms with Crippen molar-refractivity contribution in [3.63, 3.8) is 0 Å². The average Bonchev–Trinajstić information content (AvgIpc) is 3.20. The molecule has 3 nitrogen and oxygen atoms in total. The number of pyridine rings is 1. The minimum atomic E-state index is 0.550. The molecule has 0 saturated heterocycles. The van der Waals surface area contributed by atoms with Crippen LogP contribution in [0.3, 0.4) is 0 Å². The van der Waals surface area contributed by atoms with Crippen molar-refractivity contribution in [2.24, 2.45) is 5.92 Å². The highest BCUT2D eigenvalue weighted by atomic mass is 35.5. The van der Waals surface area contributed by atoms with E-state index in [9.17, 15) is 0 Å². The summed E-state index contributed by atoms with van der Waals surface area (Å²) in [5.41, 5.74) is 7.47. The topological polar surface area (TPSA) is 31.9 Å². The second-order valence-electron chi connectivity index (χ2n) is 9.03. The van der Waals surface area contributed by atoms with Crippen molar-refractivity contribution in [3.05, 3.63) is 87.2 Å². The number of aromatic amines is 1. The van der Waals surface area contributed by atoms with E-state index >= 15 is 0 Å². The number of benzene rings is 2. The smallest absolute Gasteiger partial charge is 0.138 e. The van der Waals surface area contributed by atoms with Gasteiger partial charge in [-0.25, -0.2) is 4.98 Å². The summed E-state index contributed by atoms with van der Waals surface area (Å²) in [4.78, 5) is 10.4. The molecule has 166 valence electrons. The van der Waals surface area contributed by atoms with E-state index in [1.807, 2.05) is 18.5 Å². The Morgan fingerprint density at radius 3 is 2.64 bits per heavy atom. The summed E-state index contributed by atoms with van der Waals surface area (Å²) in [5.74, 6) is 7.03. The zero-order valence-electron chi connectivity index (χ0n) is 18.8. The summed E-state index contributed by atoms with van der Waals surface area (Å²) in [6.07, 6.45) is 4.93. The minimum Gasteiger partial charge on any atom is -0.345 e. The van der Waals surface area contributed by atoms with E-state index in [-0.39, 0.29) is 0 Å². The van der Waals surface area contributed by atoms with Gasteiger partial charge in [-0.2, -0.15) is 0 Å². The predicted molar refractivity (Wildman–Crippen MR) is 138 cm³/mol. The second kappa shape index (κ2) is 9.23. The van der Waals surface area contributed by atoms with E-state index in [2.05, 4.69) is 64.8 Å². The highest BCUT2D eigenvalue weighted by molar-refractivity contribution is 6.36. The van der Waals surface area contributed by atoms with Gasteiger partial charge in [0.1, 0.15) is 5.65 Å². The van der Waals surface area contributed by atoms with Gasteiger partial charge in [0.2, 0.25) is 0 Å². The van der Waals surface area contributed by atoms with Crippen LogP contribution in [0.4, 0.5) is 0 Å². The summed E-state index contributed by atoms with van der Waals surface area (Å²) in [5, 5.41) is 2.09. The van der Waals surface area contributed by atoms with E-state index in [4.69, 9.17) is 23.2 Å². The minimum absolute atomic E-state index is 0.550. The first-order valence-electron chi connectivity index (χ1n) is 11.3. The van der Waals surface area contributed by atoms with Crippen LogP contribution in [0.1, 0.15) is 36.1 Å². The fourth-order valence-electron chi connectivity index (χ4n) is 4.48. The van der Waals surface area contributed by atoms with E-state index in [0.717, 1.165) is 48.2 Å². The van der Waals surface area contributed by atoms with E-state index in [1.165, 1.54) is 16.7 Å². The molecule has 0 radical (unpaired) electrons. The Morgan fingerprint density at radius 1 is 1.03 bits per heavy atom. The number of rotatable bonds is 3. The maximum absolute atomic E-state index is 6.28. The first kappa shape index (κ1) is 22.0. The zero-order chi connectivity index (χ0) is 22.9. The van der Waals surface area contributed by atoms with Gasteiger partial charge in [-0.15, -0.1) is 0 Å². The molecule has 0 aliphatic carbocycles. The number of fused-ring (bicyclic) bond motifs is 2. The Bertz CT molecular complexity index is 1370. The Balaban J connectivity index is 1.48. The van der Waals surface area contributed by atoms with Crippen molar-refractivity contribution < 1.29 is 0 Å². The molecular formula is C28H25Cl2N3. The molecule has 1 aliphatic rings. The highest BCUT2D eigenvalue weighted by Crippen LogP contribution is 2.29. The largest absolute Gasteiger partial charge is 0.345 e. The van der Waals surface area contributed by atoms with Gasteiger partial charge >= 0.3 is 0 Å². The number of hydrogen-bond acceptors (Lipinski definition) is 2. The van der Waals surface area contributed by atoms with Crippen LogP contribution in [-0.4, -0.2) is 28.0 Å². The summed E-state index contributed by atoms with van der Waals surface area (Å²) in [6.45, 7) is 7.85. The summed E-state index contributed by atoms with van der Waals surface area (Å²) in [7, 11) is 0. The number of hydrogen-bond donors (Lipinski definition) is 1. The van der Waals surface area contributed by atoms with Gasteiger partial charge in [-0.1, -0.05) is 67.1 Å². The van der Waals surface area contributed by atoms with Crippen LogP contribution in [0.25, 0.3) is 22.2 Å². The lowest BCUT2D eigenvalue weighted by Crippen LogP contribution is -2.33. The third kappa shape index (κ3) is 4.66. The van der Waals surface area contributed by atoms with Crippen molar-refractivity contribution in [2.45, 2.75) is 26.8 Å². The molecule has 0 atom stereocenters. The van der Waals surface area contributed by atoms with Crippen LogP contribution < -0.4 is 0 Å². The molecule has 5 rings (SSSR count). The van der Waals surface area contributed by atoms with Gasteiger partial charge in [0.15, 0.2) is 0 Å². The monoisotopic (exact) mass is 473 g/mol. The lowest BCUT2D eigenvalue weighted by molar-refractivity contribution is 0.226. The maximum Gasteiger partial charge on any atom is 0.138 e. The maximum atomic E-state index is 6.28. The predicted octanol–water partition coefficient (Wildman–Crippen LogP) is 6.95. The zero-order valence-corrected chi connectivity index (χ0v) is 20.3. The van der Waals surface area contributed by atoms with Crippen LogP contribution in [-0.2, 0) is 13.0 Å². The molecular weight excluding hydrogens is 449 g/mol. The highest BCUT2D eigenvalue weighted by Gasteiger charge is 2.18. The number of H-pyrrole nitrogens is 1. The SMILES string of the molecule is CC(C)CN1CCc2ccc(-c3cnc4[nH]cc(C#Cc5c(Cl)cccc5Cl)c4c3)cc2C1. The standard InChI is InChI=1S/C28H25Cl2N3/c1-18(2)16-33-11-10-19-6-7-20(12-23(19)17-33)22-13-25-21(14-31-28(25)32-15-22)8-9-24-26(29)4-3-5-27(24)30/h3-7,12-15,18H,10-11,16-17H2,1-2H3,(H,31,32). The van der Waals surface area contributed by atoms with Crippen molar-refractivity contribution >= 4 is 34.2 Å². The van der Waals surface area contributed by atoms with Crippen molar-refractivity contribution in [1.82, 2.24) is 14.9 Å². The number of nitrogens with zero attached hydrogens (tertiary/aromatic N) is 2. The molecule has 4 aromatic rings. The van der Waals surface area contributed by atoms with Gasteiger partial charge < -0.3 is 4.98 Å². The molecule has 33 heavy (non-hydrogen) atoms. The lowest BCUT2D eigenvalue weighted by Gasteiger charge is -2.30. The van der Waals surface area contributed by atoms with Gasteiger partial charge in [0.25, 0.3) is 0 Å². The molecule has 3 heterocycles. The normalized spacial score (nSPS) is 13.7. The van der Waals surface area contributed by atoms with Gasteiger partial charge in [-0.3, -0.25) is 4.90 Å². The Kier molecular flexibility index (Phi) is 6.17. The molecule has 2 aromatic carbocycles. The third-order valence-electron chi connectivity index (χ3n) is 6.07. The fourth-order valence-corrected chi connectivity index (χ4v) is 4.97. The van der Waals surface area contributed by atoms with Crippen LogP contribution in [0.5, 0.6) is 0 Å². The molecule has 0 fully saturated rings. The lowest BCUT2D eigenvalue weighted by atomic mass is 9.94. The molecule has 0 amide bonds. The number of aromatic nitrogens is 2. The molecule has 1 N–H and O–H groups in total.